The monoisotopic (exact) mass is 592 g/mol. The van der Waals surface area contributed by atoms with Crippen molar-refractivity contribution >= 4 is 10.0 Å². The van der Waals surface area contributed by atoms with Crippen LogP contribution < -0.4 is 19.5 Å². The van der Waals surface area contributed by atoms with Crippen LogP contribution in [0.2, 0.25) is 0 Å². The molecule has 1 saturated carbocycles. The number of alkyl halides is 6. The predicted octanol–water partition coefficient (Wildman–Crippen LogP) is 5.35. The quantitative estimate of drug-likeness (QED) is 0.376. The van der Waals surface area contributed by atoms with Gasteiger partial charge >= 0.3 is 12.5 Å². The van der Waals surface area contributed by atoms with Crippen LogP contribution in [0.4, 0.5) is 26.3 Å². The smallest absolute Gasteiger partial charge is 0.461 e. The van der Waals surface area contributed by atoms with Gasteiger partial charge in [-0.2, -0.15) is 13.2 Å². The fourth-order valence-electron chi connectivity index (χ4n) is 4.87. The van der Waals surface area contributed by atoms with Gasteiger partial charge in [-0.3, -0.25) is 0 Å². The third-order valence-electron chi connectivity index (χ3n) is 6.76. The molecule has 1 aliphatic heterocycles. The van der Waals surface area contributed by atoms with Crippen molar-refractivity contribution in [2.24, 2.45) is 0 Å². The Hall–Kier alpha value is -3.07. The summed E-state index contributed by atoms with van der Waals surface area (Å²) in [5.74, 6) is 0.00886. The van der Waals surface area contributed by atoms with Crippen LogP contribution in [-0.4, -0.2) is 38.1 Å². The van der Waals surface area contributed by atoms with Crippen LogP contribution in [0.25, 0.3) is 0 Å². The Bertz CT molecular complexity index is 1390. The van der Waals surface area contributed by atoms with Crippen molar-refractivity contribution in [1.29, 1.82) is 0 Å². The highest BCUT2D eigenvalue weighted by atomic mass is 32.2. The molecule has 0 amide bonds. The first-order valence-corrected chi connectivity index (χ1v) is 13.6. The second-order valence-electron chi connectivity index (χ2n) is 9.44. The minimum atomic E-state index is -4.94. The van der Waals surface area contributed by atoms with Crippen molar-refractivity contribution in [3.8, 4) is 11.5 Å². The Labute approximate surface area is 226 Å². The maximum Gasteiger partial charge on any atom is 0.573 e. The lowest BCUT2D eigenvalue weighted by Crippen LogP contribution is -2.56. The molecule has 7 nitrogen and oxygen atoms in total. The van der Waals surface area contributed by atoms with Gasteiger partial charge in [0.1, 0.15) is 17.3 Å². The Kier molecular flexibility index (Phi) is 8.28. The third-order valence-corrected chi connectivity index (χ3v) is 8.26. The topological polar surface area (TPSA) is 96.9 Å². The summed E-state index contributed by atoms with van der Waals surface area (Å²) in [4.78, 5) is -0.338. The van der Waals surface area contributed by atoms with Gasteiger partial charge in [0.15, 0.2) is 0 Å². The molecule has 0 radical (unpaired) electrons. The number of aliphatic hydroxyl groups is 1. The number of benzene rings is 2. The lowest BCUT2D eigenvalue weighted by Gasteiger charge is -2.39. The van der Waals surface area contributed by atoms with E-state index in [1.165, 1.54) is 12.1 Å². The van der Waals surface area contributed by atoms with Crippen LogP contribution in [0, 0.1) is 0 Å². The van der Waals surface area contributed by atoms with Gasteiger partial charge in [-0.1, -0.05) is 19.1 Å². The minimum Gasteiger partial charge on any atom is -0.461 e. The van der Waals surface area contributed by atoms with Gasteiger partial charge in [0, 0.05) is 23.2 Å². The van der Waals surface area contributed by atoms with Crippen molar-refractivity contribution in [2.75, 3.05) is 0 Å². The average Bonchev–Trinajstić information content (AvgIpc) is 2.85. The molecule has 4 atom stereocenters. The first-order valence-electron chi connectivity index (χ1n) is 12.1. The number of hydrogen-bond donors (Lipinski definition) is 3. The molecule has 4 rings (SSSR count). The van der Waals surface area contributed by atoms with Gasteiger partial charge in [0.05, 0.1) is 22.6 Å². The molecular weight excluding hydrogens is 566 g/mol. The van der Waals surface area contributed by atoms with Crippen LogP contribution in [-0.2, 0) is 16.2 Å². The van der Waals surface area contributed by atoms with E-state index in [1.807, 2.05) is 0 Å². The molecule has 1 heterocycles. The maximum atomic E-state index is 13.4. The molecule has 14 heteroatoms. The molecule has 0 bridgehead atoms. The summed E-state index contributed by atoms with van der Waals surface area (Å²) in [6.07, 6.45) is -8.29. The largest absolute Gasteiger partial charge is 0.573 e. The Morgan fingerprint density at radius 1 is 1.05 bits per heavy atom. The number of nitrogens with one attached hydrogen (secondary N) is 2. The SMILES string of the molecule is C=CC1=C(C)Oc2ccc(C(F)(F)F)cc2C1N[C@H]1CCC[C@@H](NS(=O)(=O)c2ccc(OC(F)(F)F)cc2)[C@@H]1O. The fourth-order valence-corrected chi connectivity index (χ4v) is 6.16. The molecule has 0 saturated heterocycles. The molecule has 40 heavy (non-hydrogen) atoms. The Morgan fingerprint density at radius 3 is 2.30 bits per heavy atom. The lowest BCUT2D eigenvalue weighted by molar-refractivity contribution is -0.274. The summed E-state index contributed by atoms with van der Waals surface area (Å²) in [5, 5.41) is 14.3. The van der Waals surface area contributed by atoms with Gasteiger partial charge in [-0.15, -0.1) is 13.2 Å². The highest BCUT2D eigenvalue weighted by Crippen LogP contribution is 2.42. The number of halogens is 6. The molecule has 2 aromatic carbocycles. The first kappa shape index (κ1) is 29.9. The zero-order chi connectivity index (χ0) is 29.5. The minimum absolute atomic E-state index is 0.186. The summed E-state index contributed by atoms with van der Waals surface area (Å²) >= 11 is 0. The molecule has 1 aliphatic carbocycles. The molecular formula is C26H26F6N2O5S. The van der Waals surface area contributed by atoms with E-state index in [1.54, 1.807) is 6.92 Å². The molecule has 0 aromatic heterocycles. The van der Waals surface area contributed by atoms with Crippen LogP contribution in [0.5, 0.6) is 11.5 Å². The second kappa shape index (κ2) is 11.1. The lowest BCUT2D eigenvalue weighted by atomic mass is 9.86. The average molecular weight is 593 g/mol. The van der Waals surface area contributed by atoms with Crippen LogP contribution in [0.15, 0.2) is 71.3 Å². The Balaban J connectivity index is 1.54. The summed E-state index contributed by atoms with van der Waals surface area (Å²) in [7, 11) is -4.25. The van der Waals surface area contributed by atoms with E-state index in [2.05, 4.69) is 21.4 Å². The predicted molar refractivity (Wildman–Crippen MR) is 132 cm³/mol. The van der Waals surface area contributed by atoms with Gasteiger partial charge < -0.3 is 19.9 Å². The van der Waals surface area contributed by atoms with Crippen molar-refractivity contribution in [1.82, 2.24) is 10.0 Å². The van der Waals surface area contributed by atoms with E-state index < -0.39 is 58.1 Å². The van der Waals surface area contributed by atoms with Crippen molar-refractivity contribution in [3.63, 3.8) is 0 Å². The van der Waals surface area contributed by atoms with Crippen molar-refractivity contribution < 1.29 is 49.3 Å². The Morgan fingerprint density at radius 2 is 1.70 bits per heavy atom. The highest BCUT2D eigenvalue weighted by molar-refractivity contribution is 7.89. The molecule has 2 aromatic rings. The fraction of sp³-hybridized carbons (Fsp3) is 0.385. The number of rotatable bonds is 7. The summed E-state index contributed by atoms with van der Waals surface area (Å²) in [6.45, 7) is 5.37. The molecule has 218 valence electrons. The number of aliphatic hydroxyl groups excluding tert-OH is 1. The van der Waals surface area contributed by atoms with E-state index in [0.29, 0.717) is 24.2 Å². The second-order valence-corrected chi connectivity index (χ2v) is 11.2. The number of ether oxygens (including phenoxy) is 2. The van der Waals surface area contributed by atoms with Crippen LogP contribution in [0.3, 0.4) is 0 Å². The highest BCUT2D eigenvalue weighted by Gasteiger charge is 2.39. The van der Waals surface area contributed by atoms with E-state index in [4.69, 9.17) is 4.74 Å². The normalized spacial score (nSPS) is 23.8. The standard InChI is InChI=1S/C26H26F6N2O5S/c1-3-18-14(2)38-22-12-7-15(25(27,28)29)13-19(22)23(18)33-20-5-4-6-21(24(20)35)34-40(36,37)17-10-8-16(9-11-17)39-26(30,31)32/h3,7-13,20-21,23-24,33-35H,1,4-6H2,2H3/t20-,21+,23?,24+/m0/s1. The van der Waals surface area contributed by atoms with E-state index in [-0.39, 0.29) is 22.6 Å². The van der Waals surface area contributed by atoms with Gasteiger partial charge in [0.2, 0.25) is 10.0 Å². The van der Waals surface area contributed by atoms with Gasteiger partial charge in [-0.25, -0.2) is 13.1 Å². The molecule has 3 N–H and O–H groups in total. The zero-order valence-electron chi connectivity index (χ0n) is 21.0. The molecule has 1 fully saturated rings. The number of fused-ring (bicyclic) bond motifs is 1. The molecule has 2 aliphatic rings. The van der Waals surface area contributed by atoms with E-state index in [0.717, 1.165) is 36.4 Å². The maximum absolute atomic E-state index is 13.4. The first-order chi connectivity index (χ1) is 18.6. The number of sulfonamides is 1. The van der Waals surface area contributed by atoms with Crippen LogP contribution >= 0.6 is 0 Å². The van der Waals surface area contributed by atoms with E-state index in [9.17, 15) is 39.9 Å². The van der Waals surface area contributed by atoms with Crippen molar-refractivity contribution in [2.45, 2.75) is 67.8 Å². The summed E-state index contributed by atoms with van der Waals surface area (Å²) < 4.78 is 115. The van der Waals surface area contributed by atoms with E-state index >= 15 is 0 Å². The zero-order valence-corrected chi connectivity index (χ0v) is 21.8. The molecule has 1 unspecified atom stereocenters. The number of allylic oxidation sites excluding steroid dienone is 1. The van der Waals surface area contributed by atoms with Crippen molar-refractivity contribution in [3.05, 3.63) is 77.6 Å². The third kappa shape index (κ3) is 6.62. The summed E-state index contributed by atoms with van der Waals surface area (Å²) in [6, 6.07) is 4.12. The van der Waals surface area contributed by atoms with Crippen LogP contribution in [0.1, 0.15) is 43.4 Å². The van der Waals surface area contributed by atoms with Gasteiger partial charge in [-0.05, 0) is 62.2 Å². The summed E-state index contributed by atoms with van der Waals surface area (Å²) in [5.41, 5.74) is -0.236. The molecule has 0 spiro atoms. The van der Waals surface area contributed by atoms with Gasteiger partial charge in [0.25, 0.3) is 0 Å². The number of hydrogen-bond acceptors (Lipinski definition) is 6.